The van der Waals surface area contributed by atoms with Crippen LogP contribution in [0.1, 0.15) is 40.0 Å². The Labute approximate surface area is 194 Å². The van der Waals surface area contributed by atoms with Crippen LogP contribution in [0.15, 0.2) is 41.3 Å². The number of nitrogens with zero attached hydrogens (tertiary/aromatic N) is 1. The second-order valence-corrected chi connectivity index (χ2v) is 11.4. The molecule has 0 bridgehead atoms. The number of ether oxygens (including phenoxy) is 1. The first kappa shape index (κ1) is 26.6. The van der Waals surface area contributed by atoms with E-state index in [0.717, 1.165) is 11.1 Å². The number of hydrogen-bond acceptors (Lipinski definition) is 8. The van der Waals surface area contributed by atoms with Gasteiger partial charge in [0, 0.05) is 30.6 Å². The molecule has 9 nitrogen and oxygen atoms in total. The van der Waals surface area contributed by atoms with Gasteiger partial charge in [-0.1, -0.05) is 24.3 Å². The van der Waals surface area contributed by atoms with Crippen LogP contribution < -0.4 is 16.4 Å². The van der Waals surface area contributed by atoms with Gasteiger partial charge in [-0.2, -0.15) is 0 Å². The van der Waals surface area contributed by atoms with Crippen molar-refractivity contribution < 1.29 is 27.9 Å². The molecule has 0 spiro atoms. The van der Waals surface area contributed by atoms with E-state index >= 15 is 0 Å². The Bertz CT molecular complexity index is 1140. The molecule has 2 aromatic carbocycles. The van der Waals surface area contributed by atoms with E-state index in [9.17, 15) is 23.1 Å². The first-order chi connectivity index (χ1) is 15.1. The lowest BCUT2D eigenvalue weighted by Gasteiger charge is -2.28. The summed E-state index contributed by atoms with van der Waals surface area (Å²) < 4.78 is 31.7. The van der Waals surface area contributed by atoms with Gasteiger partial charge in [-0.25, -0.2) is 18.0 Å². The number of sulfone groups is 1. The number of benzene rings is 2. The number of carboxylic acid groups (broad SMARTS) is 1. The third-order valence-electron chi connectivity index (χ3n) is 5.25. The lowest BCUT2D eigenvalue weighted by Crippen LogP contribution is -2.57. The van der Waals surface area contributed by atoms with Crippen molar-refractivity contribution in [3.63, 3.8) is 0 Å². The van der Waals surface area contributed by atoms with Gasteiger partial charge in [0.1, 0.15) is 11.0 Å². The molecule has 0 saturated heterocycles. The van der Waals surface area contributed by atoms with Gasteiger partial charge in [0.25, 0.3) is 0 Å². The largest absolute Gasteiger partial charge is 0.479 e. The fraction of sp³-hybridized carbons (Fsp3) is 0.478. The minimum Gasteiger partial charge on any atom is -0.479 e. The highest BCUT2D eigenvalue weighted by molar-refractivity contribution is 7.92. The molecular weight excluding hydrogens is 446 g/mol. The van der Waals surface area contributed by atoms with Crippen LogP contribution in [0.4, 0.5) is 5.69 Å². The van der Waals surface area contributed by atoms with Crippen LogP contribution in [0, 0.1) is 0 Å². The molecule has 0 saturated carbocycles. The monoisotopic (exact) mass is 479 g/mol. The molecule has 182 valence electrons. The molecule has 0 amide bonds. The first-order valence-corrected chi connectivity index (χ1v) is 12.1. The number of aliphatic carboxylic acids is 1. The van der Waals surface area contributed by atoms with E-state index in [-0.39, 0.29) is 24.2 Å². The topological polar surface area (TPSA) is 153 Å². The Morgan fingerprint density at radius 2 is 1.67 bits per heavy atom. The van der Waals surface area contributed by atoms with E-state index in [4.69, 9.17) is 16.2 Å². The lowest BCUT2D eigenvalue weighted by atomic mass is 9.93. The molecule has 0 heterocycles. The number of carbonyl (C=O) groups excluding carboxylic acids is 1. The number of esters is 1. The van der Waals surface area contributed by atoms with Crippen molar-refractivity contribution in [3.05, 3.63) is 36.4 Å². The standard InChI is InChI=1S/C23H33N3O6S/c1-22(2,3)32-21(29)23(25,20(27)28)14-8-13-19(24)33(30,31)18-12-7-9-15-16(18)10-6-11-17(15)26(4)5/h6-7,9-12,19H,8,13-14,24-25H2,1-5H3,(H,27,28)/t19?,23-/m0/s1. The summed E-state index contributed by atoms with van der Waals surface area (Å²) in [5.74, 6) is -2.62. The molecule has 0 fully saturated rings. The maximum absolute atomic E-state index is 13.3. The number of nitrogens with two attached hydrogens (primary N) is 2. The van der Waals surface area contributed by atoms with Crippen molar-refractivity contribution >= 4 is 38.2 Å². The molecule has 1 unspecified atom stereocenters. The fourth-order valence-electron chi connectivity index (χ4n) is 3.47. The summed E-state index contributed by atoms with van der Waals surface area (Å²) in [6.45, 7) is 4.80. The molecule has 10 heteroatoms. The summed E-state index contributed by atoms with van der Waals surface area (Å²) in [6, 6.07) is 10.4. The molecule has 0 aliphatic rings. The van der Waals surface area contributed by atoms with Gasteiger partial charge in [-0.15, -0.1) is 0 Å². The van der Waals surface area contributed by atoms with Gasteiger partial charge >= 0.3 is 11.9 Å². The molecule has 2 rings (SSSR count). The number of fused-ring (bicyclic) bond motifs is 1. The van der Waals surface area contributed by atoms with Gasteiger partial charge in [-0.3, -0.25) is 0 Å². The summed E-state index contributed by atoms with van der Waals surface area (Å²) in [5.41, 5.74) is 9.55. The quantitative estimate of drug-likeness (QED) is 0.363. The predicted octanol–water partition coefficient (Wildman–Crippen LogP) is 2.26. The van der Waals surface area contributed by atoms with Crippen LogP contribution in [0.25, 0.3) is 10.8 Å². The number of hydrogen-bond donors (Lipinski definition) is 3. The third-order valence-corrected chi connectivity index (χ3v) is 7.25. The Hall–Kier alpha value is -2.69. The first-order valence-electron chi connectivity index (χ1n) is 10.6. The van der Waals surface area contributed by atoms with Crippen LogP contribution in [0.5, 0.6) is 0 Å². The highest BCUT2D eigenvalue weighted by Crippen LogP contribution is 2.32. The summed E-state index contributed by atoms with van der Waals surface area (Å²) in [5, 5.41) is 9.53. The van der Waals surface area contributed by atoms with Crippen LogP contribution in [0.2, 0.25) is 0 Å². The Morgan fingerprint density at radius 3 is 2.21 bits per heavy atom. The van der Waals surface area contributed by atoms with Crippen molar-refractivity contribution in [2.24, 2.45) is 11.5 Å². The van der Waals surface area contributed by atoms with Gasteiger partial charge in [0.2, 0.25) is 5.54 Å². The molecule has 2 atom stereocenters. The second-order valence-electron chi connectivity index (χ2n) is 9.28. The average molecular weight is 480 g/mol. The van der Waals surface area contributed by atoms with E-state index in [0.29, 0.717) is 5.39 Å². The molecule has 2 aromatic rings. The SMILES string of the molecule is CN(C)c1cccc2c(S(=O)(=O)C(N)CCC[C@](N)(C(=O)O)C(=O)OC(C)(C)C)cccc12. The molecular formula is C23H33N3O6S. The summed E-state index contributed by atoms with van der Waals surface area (Å²) in [6.07, 6.45) is -0.405. The van der Waals surface area contributed by atoms with Crippen molar-refractivity contribution in [3.8, 4) is 0 Å². The van der Waals surface area contributed by atoms with Crippen molar-refractivity contribution in [1.29, 1.82) is 0 Å². The summed E-state index contributed by atoms with van der Waals surface area (Å²) in [7, 11) is -0.202. The molecule has 33 heavy (non-hydrogen) atoms. The van der Waals surface area contributed by atoms with Crippen LogP contribution in [-0.2, 0) is 24.2 Å². The molecule has 0 aliphatic heterocycles. The van der Waals surface area contributed by atoms with E-state index < -0.39 is 38.3 Å². The Balaban J connectivity index is 2.25. The Kier molecular flexibility index (Phi) is 7.78. The maximum atomic E-state index is 13.3. The predicted molar refractivity (Wildman–Crippen MR) is 128 cm³/mol. The smallest absolute Gasteiger partial charge is 0.338 e. The highest BCUT2D eigenvalue weighted by Gasteiger charge is 2.45. The van der Waals surface area contributed by atoms with E-state index in [1.54, 1.807) is 39.0 Å². The van der Waals surface area contributed by atoms with Gasteiger partial charge in [-0.05, 0) is 52.2 Å². The van der Waals surface area contributed by atoms with Gasteiger partial charge in [0.05, 0.1) is 4.90 Å². The molecule has 0 aliphatic carbocycles. The zero-order valence-electron chi connectivity index (χ0n) is 19.7. The highest BCUT2D eigenvalue weighted by atomic mass is 32.2. The third kappa shape index (κ3) is 5.82. The number of carbonyl (C=O) groups is 2. The van der Waals surface area contributed by atoms with E-state index in [1.165, 1.54) is 6.07 Å². The molecule has 0 aromatic heterocycles. The number of carboxylic acids is 1. The minimum atomic E-state index is -3.94. The van der Waals surface area contributed by atoms with Crippen LogP contribution >= 0.6 is 0 Å². The fourth-order valence-corrected chi connectivity index (χ4v) is 5.02. The zero-order valence-corrected chi connectivity index (χ0v) is 20.5. The van der Waals surface area contributed by atoms with Gasteiger partial charge in [0.15, 0.2) is 9.84 Å². The average Bonchev–Trinajstić information content (AvgIpc) is 2.70. The van der Waals surface area contributed by atoms with Crippen molar-refractivity contribution in [1.82, 2.24) is 0 Å². The number of rotatable bonds is 9. The Morgan fingerprint density at radius 1 is 1.09 bits per heavy atom. The summed E-state index contributed by atoms with van der Waals surface area (Å²) >= 11 is 0. The molecule has 5 N–H and O–H groups in total. The van der Waals surface area contributed by atoms with E-state index in [2.05, 4.69) is 0 Å². The van der Waals surface area contributed by atoms with Gasteiger partial charge < -0.3 is 26.2 Å². The normalized spacial score (nSPS) is 15.0. The molecule has 0 radical (unpaired) electrons. The van der Waals surface area contributed by atoms with Crippen molar-refractivity contribution in [2.75, 3.05) is 19.0 Å². The van der Waals surface area contributed by atoms with Crippen LogP contribution in [0.3, 0.4) is 0 Å². The zero-order chi connectivity index (χ0) is 25.2. The lowest BCUT2D eigenvalue weighted by molar-refractivity contribution is -0.169. The summed E-state index contributed by atoms with van der Waals surface area (Å²) in [4.78, 5) is 26.1. The second kappa shape index (κ2) is 9.66. The number of anilines is 1. The van der Waals surface area contributed by atoms with E-state index in [1.807, 2.05) is 31.1 Å². The minimum absolute atomic E-state index is 0.00382. The van der Waals surface area contributed by atoms with Crippen molar-refractivity contribution in [2.45, 2.75) is 61.4 Å². The maximum Gasteiger partial charge on any atom is 0.338 e. The van der Waals surface area contributed by atoms with Crippen LogP contribution in [-0.4, -0.2) is 56.1 Å².